The van der Waals surface area contributed by atoms with E-state index in [0.29, 0.717) is 0 Å². The Morgan fingerprint density at radius 1 is 0.944 bits per heavy atom. The van der Waals surface area contributed by atoms with Gasteiger partial charge in [0.05, 0.1) is 0 Å². The number of halogens is 1. The van der Waals surface area contributed by atoms with Crippen LogP contribution in [0, 0.1) is 17.8 Å². The molecule has 2 rings (SSSR count). The van der Waals surface area contributed by atoms with E-state index in [1.54, 1.807) is 43.8 Å². The van der Waals surface area contributed by atoms with Gasteiger partial charge in [0, 0.05) is 14.1 Å². The van der Waals surface area contributed by atoms with Crippen LogP contribution in [0.2, 0.25) is 18.1 Å². The van der Waals surface area contributed by atoms with Crippen LogP contribution in [-0.2, 0) is 0 Å². The molecule has 0 aromatic heterocycles. The zero-order valence-electron chi connectivity index (χ0n) is 12.2. The van der Waals surface area contributed by atoms with Gasteiger partial charge in [-0.25, -0.2) is 0 Å². The molecule has 0 atom stereocenters. The maximum atomic E-state index is 3.66. The highest BCUT2D eigenvalue weighted by Crippen LogP contribution is 2.41. The van der Waals surface area contributed by atoms with Crippen molar-refractivity contribution in [3.63, 3.8) is 0 Å². The number of unbranched alkanes of at least 4 members (excludes halogenated alkanes) is 1. The van der Waals surface area contributed by atoms with Crippen molar-refractivity contribution in [1.82, 2.24) is 0 Å². The van der Waals surface area contributed by atoms with Gasteiger partial charge < -0.3 is 0 Å². The third-order valence-corrected chi connectivity index (χ3v) is 10.1. The molecular weight excluding hydrogens is 300 g/mol. The third kappa shape index (κ3) is 4.37. The molecule has 0 spiro atoms. The van der Waals surface area contributed by atoms with Crippen LogP contribution in [0.4, 0.5) is 0 Å². The van der Waals surface area contributed by atoms with Crippen molar-refractivity contribution < 1.29 is 0 Å². The predicted molar refractivity (Wildman–Crippen MR) is 88.4 cm³/mol. The summed E-state index contributed by atoms with van der Waals surface area (Å²) >= 11 is 3.66. The molecule has 2 aliphatic rings. The molecule has 0 unspecified atom stereocenters. The first-order valence-corrected chi connectivity index (χ1v) is 12.0. The minimum atomic E-state index is -0.263. The second-order valence-corrected chi connectivity index (χ2v) is 11.0. The van der Waals surface area contributed by atoms with Crippen molar-refractivity contribution in [2.75, 3.05) is 5.33 Å². The second-order valence-electron chi connectivity index (χ2n) is 6.86. The van der Waals surface area contributed by atoms with Crippen molar-refractivity contribution in [2.45, 2.75) is 76.4 Å². The van der Waals surface area contributed by atoms with Crippen LogP contribution in [0.15, 0.2) is 0 Å². The van der Waals surface area contributed by atoms with Crippen LogP contribution >= 0.6 is 15.9 Å². The topological polar surface area (TPSA) is 0 Å². The van der Waals surface area contributed by atoms with Crippen molar-refractivity contribution in [2.24, 2.45) is 17.8 Å². The maximum absolute atomic E-state index is 3.66. The van der Waals surface area contributed by atoms with Gasteiger partial charge in [0.1, 0.15) is 0 Å². The highest BCUT2D eigenvalue weighted by Gasteiger charge is 2.30. The van der Waals surface area contributed by atoms with Gasteiger partial charge in [-0.1, -0.05) is 66.7 Å². The fraction of sp³-hybridized carbons (Fsp3) is 1.00. The minimum absolute atomic E-state index is 0.263. The van der Waals surface area contributed by atoms with Crippen molar-refractivity contribution in [1.29, 1.82) is 0 Å². The Kier molecular flexibility index (Phi) is 6.78. The summed E-state index contributed by atoms with van der Waals surface area (Å²) in [6, 6.07) is 5.02. The van der Waals surface area contributed by atoms with Gasteiger partial charge in [-0.15, -0.1) is 0 Å². The molecule has 0 aromatic rings. The molecule has 0 nitrogen and oxygen atoms in total. The predicted octanol–water partition coefficient (Wildman–Crippen LogP) is 5.62. The molecule has 1 saturated heterocycles. The molecule has 2 heteroatoms. The number of rotatable bonds is 5. The van der Waals surface area contributed by atoms with Crippen LogP contribution in [0.25, 0.3) is 0 Å². The van der Waals surface area contributed by atoms with Crippen molar-refractivity contribution >= 4 is 24.7 Å². The highest BCUT2D eigenvalue weighted by atomic mass is 79.9. The molecule has 1 aliphatic heterocycles. The van der Waals surface area contributed by atoms with E-state index in [0.717, 1.165) is 17.8 Å². The van der Waals surface area contributed by atoms with Crippen LogP contribution in [0.3, 0.4) is 0 Å². The zero-order valence-corrected chi connectivity index (χ0v) is 14.9. The van der Waals surface area contributed by atoms with Crippen LogP contribution < -0.4 is 0 Å². The largest absolute Gasteiger partial charge is 0.0925 e. The average Bonchev–Trinajstić information content (AvgIpc) is 2.46. The van der Waals surface area contributed by atoms with Crippen LogP contribution in [0.1, 0.15) is 58.3 Å². The smallest absolute Gasteiger partial charge is 0.0368 e. The molecule has 0 radical (unpaired) electrons. The minimum Gasteiger partial charge on any atom is -0.0925 e. The van der Waals surface area contributed by atoms with E-state index in [-0.39, 0.29) is 8.80 Å². The summed E-state index contributed by atoms with van der Waals surface area (Å²) in [7, 11) is -0.263. The molecule has 18 heavy (non-hydrogen) atoms. The third-order valence-electron chi connectivity index (χ3n) is 5.63. The Hall–Kier alpha value is 0.697. The SMILES string of the molecule is CCCC[Si@H]1CC[C@H]([C@H]2CC[C@H](CBr)CC2)CC1. The Morgan fingerprint density at radius 3 is 2.11 bits per heavy atom. The summed E-state index contributed by atoms with van der Waals surface area (Å²) in [4.78, 5) is 0. The summed E-state index contributed by atoms with van der Waals surface area (Å²) in [6.45, 7) is 2.35. The van der Waals surface area contributed by atoms with E-state index in [1.165, 1.54) is 31.0 Å². The molecule has 1 heterocycles. The normalized spacial score (nSPS) is 37.7. The Labute approximate surface area is 124 Å². The fourth-order valence-corrected chi connectivity index (χ4v) is 8.55. The van der Waals surface area contributed by atoms with E-state index < -0.39 is 0 Å². The summed E-state index contributed by atoms with van der Waals surface area (Å²) in [5.74, 6) is 3.24. The monoisotopic (exact) mass is 330 g/mol. The zero-order chi connectivity index (χ0) is 12.8. The first kappa shape index (κ1) is 15.1. The van der Waals surface area contributed by atoms with Gasteiger partial charge in [0.15, 0.2) is 0 Å². The van der Waals surface area contributed by atoms with E-state index in [4.69, 9.17) is 0 Å². The van der Waals surface area contributed by atoms with E-state index in [9.17, 15) is 0 Å². The van der Waals surface area contributed by atoms with Crippen LogP contribution in [0.5, 0.6) is 0 Å². The standard InChI is InChI=1S/C16H31BrSi/c1-2-3-10-18-11-8-16(9-12-18)15-6-4-14(13-17)5-7-15/h14-16,18H,2-13H2,1H3/t14-,15-,16-,18-. The number of alkyl halides is 1. The Balaban J connectivity index is 1.67. The lowest BCUT2D eigenvalue weighted by Gasteiger charge is -2.37. The lowest BCUT2D eigenvalue weighted by molar-refractivity contribution is 0.201. The number of hydrogen-bond acceptors (Lipinski definition) is 0. The molecule has 106 valence electrons. The van der Waals surface area contributed by atoms with Gasteiger partial charge in [-0.05, 0) is 43.4 Å². The molecule has 1 saturated carbocycles. The first-order valence-electron chi connectivity index (χ1n) is 8.39. The van der Waals surface area contributed by atoms with Gasteiger partial charge in [0.25, 0.3) is 0 Å². The number of hydrogen-bond donors (Lipinski definition) is 0. The lowest BCUT2D eigenvalue weighted by Crippen LogP contribution is -2.28. The van der Waals surface area contributed by atoms with E-state index in [2.05, 4.69) is 22.9 Å². The average molecular weight is 331 g/mol. The quantitative estimate of drug-likeness (QED) is 0.453. The first-order chi connectivity index (χ1) is 8.83. The van der Waals surface area contributed by atoms with Gasteiger partial charge in [-0.2, -0.15) is 0 Å². The summed E-state index contributed by atoms with van der Waals surface area (Å²) in [5.41, 5.74) is 0. The molecule has 0 aromatic carbocycles. The van der Waals surface area contributed by atoms with E-state index in [1.807, 2.05) is 0 Å². The fourth-order valence-electron chi connectivity index (χ4n) is 4.26. The van der Waals surface area contributed by atoms with E-state index >= 15 is 0 Å². The van der Waals surface area contributed by atoms with Crippen molar-refractivity contribution in [3.05, 3.63) is 0 Å². The summed E-state index contributed by atoms with van der Waals surface area (Å²) < 4.78 is 0. The Bertz CT molecular complexity index is 215. The molecule has 0 bridgehead atoms. The highest BCUT2D eigenvalue weighted by molar-refractivity contribution is 9.09. The Morgan fingerprint density at radius 2 is 1.56 bits per heavy atom. The molecule has 1 aliphatic carbocycles. The lowest BCUT2D eigenvalue weighted by atomic mass is 9.74. The molecular formula is C16H31BrSi. The van der Waals surface area contributed by atoms with Gasteiger partial charge in [-0.3, -0.25) is 0 Å². The molecule has 2 fully saturated rings. The van der Waals surface area contributed by atoms with Gasteiger partial charge >= 0.3 is 0 Å². The molecule has 0 amide bonds. The van der Waals surface area contributed by atoms with Crippen LogP contribution in [-0.4, -0.2) is 14.1 Å². The second kappa shape index (κ2) is 8.09. The van der Waals surface area contributed by atoms with Gasteiger partial charge in [0.2, 0.25) is 0 Å². The maximum Gasteiger partial charge on any atom is 0.0368 e. The summed E-state index contributed by atoms with van der Waals surface area (Å²) in [6.07, 6.45) is 12.3. The molecule has 0 N–H and O–H groups in total. The van der Waals surface area contributed by atoms with Crippen molar-refractivity contribution in [3.8, 4) is 0 Å². The summed E-state index contributed by atoms with van der Waals surface area (Å²) in [5, 5.41) is 1.25.